The lowest BCUT2D eigenvalue weighted by Crippen LogP contribution is -2.33. The number of aromatic nitrogens is 3. The van der Waals surface area contributed by atoms with Crippen LogP contribution in [0.1, 0.15) is 24.7 Å². The second kappa shape index (κ2) is 7.33. The Bertz CT molecular complexity index is 756. The van der Waals surface area contributed by atoms with Gasteiger partial charge in [-0.2, -0.15) is 5.10 Å². The van der Waals surface area contributed by atoms with Crippen LogP contribution < -0.4 is 10.1 Å². The zero-order chi connectivity index (χ0) is 17.8. The molecule has 3 amide bonds. The lowest BCUT2D eigenvalue weighted by Gasteiger charge is -2.12. The summed E-state index contributed by atoms with van der Waals surface area (Å²) >= 11 is 0. The molecule has 3 rings (SSSR count). The van der Waals surface area contributed by atoms with E-state index in [-0.39, 0.29) is 11.9 Å². The van der Waals surface area contributed by atoms with Gasteiger partial charge in [0.1, 0.15) is 23.9 Å². The minimum absolute atomic E-state index is 0.203. The molecule has 0 unspecified atom stereocenters. The normalized spacial score (nSPS) is 17.0. The van der Waals surface area contributed by atoms with Gasteiger partial charge in [-0.15, -0.1) is 0 Å². The van der Waals surface area contributed by atoms with Gasteiger partial charge in [0.25, 0.3) is 5.91 Å². The van der Waals surface area contributed by atoms with Gasteiger partial charge in [0.05, 0.1) is 13.7 Å². The maximum absolute atomic E-state index is 12.3. The second-order valence-electron chi connectivity index (χ2n) is 5.88. The van der Waals surface area contributed by atoms with Crippen LogP contribution in [0.3, 0.4) is 0 Å². The molecule has 8 nitrogen and oxygen atoms in total. The SMILES string of the molecule is CCCN1C(=O)N[C@@H](Cc2ncnn2Cc2ccc(OC)cc2)C1=O. The highest BCUT2D eigenvalue weighted by Gasteiger charge is 2.38. The van der Waals surface area contributed by atoms with Crippen molar-refractivity contribution >= 4 is 11.9 Å². The Morgan fingerprint density at radius 1 is 1.24 bits per heavy atom. The molecule has 0 bridgehead atoms. The van der Waals surface area contributed by atoms with E-state index in [2.05, 4.69) is 15.4 Å². The van der Waals surface area contributed by atoms with Gasteiger partial charge in [0, 0.05) is 13.0 Å². The number of benzene rings is 1. The third kappa shape index (κ3) is 3.62. The van der Waals surface area contributed by atoms with E-state index in [0.29, 0.717) is 25.3 Å². The molecule has 8 heteroatoms. The zero-order valence-corrected chi connectivity index (χ0v) is 14.3. The van der Waals surface area contributed by atoms with Crippen molar-refractivity contribution in [1.29, 1.82) is 0 Å². The first kappa shape index (κ1) is 16.9. The molecule has 2 aromatic rings. The van der Waals surface area contributed by atoms with Crippen molar-refractivity contribution in [2.45, 2.75) is 32.4 Å². The molecule has 2 heterocycles. The minimum atomic E-state index is -0.585. The molecule has 1 atom stereocenters. The average molecular weight is 343 g/mol. The fraction of sp³-hybridized carbons (Fsp3) is 0.412. The number of carbonyl (C=O) groups excluding carboxylic acids is 2. The number of hydrogen-bond acceptors (Lipinski definition) is 5. The summed E-state index contributed by atoms with van der Waals surface area (Å²) in [5.41, 5.74) is 1.04. The van der Waals surface area contributed by atoms with Crippen LogP contribution >= 0.6 is 0 Å². The van der Waals surface area contributed by atoms with E-state index in [4.69, 9.17) is 4.74 Å². The van der Waals surface area contributed by atoms with Crippen molar-refractivity contribution in [3.05, 3.63) is 42.0 Å². The molecule has 0 saturated carbocycles. The maximum Gasteiger partial charge on any atom is 0.324 e. The number of hydrogen-bond donors (Lipinski definition) is 1. The number of carbonyl (C=O) groups is 2. The highest BCUT2D eigenvalue weighted by Crippen LogP contribution is 2.14. The molecular formula is C17H21N5O3. The quantitative estimate of drug-likeness (QED) is 0.763. The maximum atomic E-state index is 12.3. The van der Waals surface area contributed by atoms with Gasteiger partial charge in [-0.05, 0) is 24.1 Å². The van der Waals surface area contributed by atoms with Gasteiger partial charge in [0.2, 0.25) is 0 Å². The van der Waals surface area contributed by atoms with E-state index in [9.17, 15) is 9.59 Å². The first-order valence-electron chi connectivity index (χ1n) is 8.24. The lowest BCUT2D eigenvalue weighted by molar-refractivity contribution is -0.127. The second-order valence-corrected chi connectivity index (χ2v) is 5.88. The summed E-state index contributed by atoms with van der Waals surface area (Å²) in [4.78, 5) is 29.7. The minimum Gasteiger partial charge on any atom is -0.497 e. The first-order chi connectivity index (χ1) is 12.1. The van der Waals surface area contributed by atoms with Crippen molar-refractivity contribution in [2.75, 3.05) is 13.7 Å². The number of ether oxygens (including phenoxy) is 1. The molecule has 0 radical (unpaired) electrons. The Morgan fingerprint density at radius 2 is 2.00 bits per heavy atom. The fourth-order valence-corrected chi connectivity index (χ4v) is 2.82. The zero-order valence-electron chi connectivity index (χ0n) is 14.3. The van der Waals surface area contributed by atoms with Crippen molar-refractivity contribution in [3.8, 4) is 5.75 Å². The third-order valence-corrected chi connectivity index (χ3v) is 4.13. The van der Waals surface area contributed by atoms with Gasteiger partial charge in [-0.25, -0.2) is 14.5 Å². The number of methoxy groups -OCH3 is 1. The monoisotopic (exact) mass is 343 g/mol. The Morgan fingerprint density at radius 3 is 2.68 bits per heavy atom. The van der Waals surface area contributed by atoms with Crippen LogP contribution in [-0.2, 0) is 17.8 Å². The summed E-state index contributed by atoms with van der Waals surface area (Å²) < 4.78 is 6.89. The van der Waals surface area contributed by atoms with Crippen molar-refractivity contribution in [2.24, 2.45) is 0 Å². The summed E-state index contributed by atoms with van der Waals surface area (Å²) in [6.45, 7) is 2.89. The highest BCUT2D eigenvalue weighted by atomic mass is 16.5. The van der Waals surface area contributed by atoms with E-state index < -0.39 is 6.04 Å². The molecule has 25 heavy (non-hydrogen) atoms. The summed E-state index contributed by atoms with van der Waals surface area (Å²) in [6.07, 6.45) is 2.52. The largest absolute Gasteiger partial charge is 0.497 e. The number of imide groups is 1. The molecule has 132 valence electrons. The van der Waals surface area contributed by atoms with E-state index in [1.54, 1.807) is 11.8 Å². The Kier molecular flexibility index (Phi) is 4.97. The highest BCUT2D eigenvalue weighted by molar-refractivity contribution is 6.04. The Labute approximate surface area is 145 Å². The molecule has 1 fully saturated rings. The molecule has 1 aromatic carbocycles. The fourth-order valence-electron chi connectivity index (χ4n) is 2.82. The van der Waals surface area contributed by atoms with E-state index in [1.807, 2.05) is 31.2 Å². The standard InChI is InChI=1S/C17H21N5O3/c1-3-8-21-16(23)14(20-17(21)24)9-15-18-11-19-22(15)10-12-4-6-13(25-2)7-5-12/h4-7,11,14H,3,8-10H2,1-2H3,(H,20,24)/t14-/m0/s1. The van der Waals surface area contributed by atoms with Crippen molar-refractivity contribution in [1.82, 2.24) is 25.0 Å². The summed E-state index contributed by atoms with van der Waals surface area (Å²) in [5.74, 6) is 1.25. The van der Waals surface area contributed by atoms with Crippen molar-refractivity contribution < 1.29 is 14.3 Å². The van der Waals surface area contributed by atoms with Gasteiger partial charge in [0.15, 0.2) is 0 Å². The first-order valence-corrected chi connectivity index (χ1v) is 8.24. The van der Waals surface area contributed by atoms with Crippen LogP contribution in [0, 0.1) is 0 Å². The van der Waals surface area contributed by atoms with E-state index >= 15 is 0 Å². The van der Waals surface area contributed by atoms with Crippen LogP contribution in [0.5, 0.6) is 5.75 Å². The number of rotatable bonds is 7. The van der Waals surface area contributed by atoms with Gasteiger partial charge >= 0.3 is 6.03 Å². The molecule has 1 saturated heterocycles. The molecular weight excluding hydrogens is 322 g/mol. The van der Waals surface area contributed by atoms with Crippen LogP contribution in [0.25, 0.3) is 0 Å². The predicted octanol–water partition coefficient (Wildman–Crippen LogP) is 1.21. The topological polar surface area (TPSA) is 89.3 Å². The molecule has 1 N–H and O–H groups in total. The molecule has 0 aliphatic carbocycles. The van der Waals surface area contributed by atoms with E-state index in [1.165, 1.54) is 11.2 Å². The number of urea groups is 1. The summed E-state index contributed by atoms with van der Waals surface area (Å²) in [7, 11) is 1.62. The molecule has 1 aliphatic heterocycles. The predicted molar refractivity (Wildman–Crippen MR) is 90.1 cm³/mol. The van der Waals surface area contributed by atoms with Gasteiger partial charge < -0.3 is 10.1 Å². The van der Waals surface area contributed by atoms with Crippen LogP contribution in [0.4, 0.5) is 4.79 Å². The number of nitrogens with zero attached hydrogens (tertiary/aromatic N) is 4. The number of amides is 3. The number of nitrogens with one attached hydrogen (secondary N) is 1. The average Bonchev–Trinajstić information content (AvgIpc) is 3.15. The Hall–Kier alpha value is -2.90. The molecule has 0 spiro atoms. The van der Waals surface area contributed by atoms with Gasteiger partial charge in [-0.3, -0.25) is 9.69 Å². The summed E-state index contributed by atoms with van der Waals surface area (Å²) in [6, 6.07) is 6.76. The summed E-state index contributed by atoms with van der Waals surface area (Å²) in [5, 5.41) is 6.96. The van der Waals surface area contributed by atoms with Crippen molar-refractivity contribution in [3.63, 3.8) is 0 Å². The molecule has 1 aromatic heterocycles. The van der Waals surface area contributed by atoms with E-state index in [0.717, 1.165) is 17.7 Å². The Balaban J connectivity index is 1.69. The smallest absolute Gasteiger partial charge is 0.324 e. The molecule has 1 aliphatic rings. The van der Waals surface area contributed by atoms with Crippen LogP contribution in [0.2, 0.25) is 0 Å². The third-order valence-electron chi connectivity index (χ3n) is 4.13. The van der Waals surface area contributed by atoms with Crippen LogP contribution in [0.15, 0.2) is 30.6 Å². The lowest BCUT2D eigenvalue weighted by atomic mass is 10.2. The van der Waals surface area contributed by atoms with Gasteiger partial charge in [-0.1, -0.05) is 19.1 Å². The van der Waals surface area contributed by atoms with Crippen LogP contribution in [-0.4, -0.2) is 51.3 Å².